The van der Waals surface area contributed by atoms with E-state index in [4.69, 9.17) is 0 Å². The summed E-state index contributed by atoms with van der Waals surface area (Å²) < 4.78 is 1.43. The largest absolute Gasteiger partial charge is 0.478 e. The smallest absolute Gasteiger partial charge is 0.337 e. The molecule has 0 aliphatic heterocycles. The summed E-state index contributed by atoms with van der Waals surface area (Å²) in [7, 11) is 0. The van der Waals surface area contributed by atoms with Crippen molar-refractivity contribution in [1.29, 1.82) is 0 Å². The Morgan fingerprint density at radius 2 is 1.80 bits per heavy atom. The Kier molecular flexibility index (Phi) is 3.99. The van der Waals surface area contributed by atoms with Gasteiger partial charge < -0.3 is 5.11 Å². The van der Waals surface area contributed by atoms with E-state index in [2.05, 4.69) is 0 Å². The van der Waals surface area contributed by atoms with Crippen molar-refractivity contribution >= 4 is 17.7 Å². The standard InChI is InChI=1S/C15H15NO3S/c1-9-8-13(17)16(10(2)14(9)15(18)19)11-4-6-12(20-3)7-5-11/h4-8H,1-3H3,(H,18,19). The number of carboxylic acids is 1. The quantitative estimate of drug-likeness (QED) is 0.883. The average Bonchev–Trinajstić information content (AvgIpc) is 2.38. The van der Waals surface area contributed by atoms with E-state index in [-0.39, 0.29) is 11.1 Å². The second kappa shape index (κ2) is 5.54. The van der Waals surface area contributed by atoms with Gasteiger partial charge in [-0.1, -0.05) is 0 Å². The molecule has 0 atom stereocenters. The van der Waals surface area contributed by atoms with Crippen LogP contribution in [-0.2, 0) is 0 Å². The summed E-state index contributed by atoms with van der Waals surface area (Å²) in [6, 6.07) is 8.82. The summed E-state index contributed by atoms with van der Waals surface area (Å²) in [6.45, 7) is 3.29. The molecule has 1 N–H and O–H groups in total. The first-order valence-electron chi connectivity index (χ1n) is 6.06. The minimum absolute atomic E-state index is 0.179. The molecule has 2 aromatic rings. The minimum atomic E-state index is -1.02. The molecule has 0 fully saturated rings. The van der Waals surface area contributed by atoms with E-state index >= 15 is 0 Å². The van der Waals surface area contributed by atoms with Gasteiger partial charge in [0, 0.05) is 22.3 Å². The molecule has 0 amide bonds. The predicted octanol–water partition coefficient (Wildman–Crippen LogP) is 2.87. The molecule has 0 bridgehead atoms. The van der Waals surface area contributed by atoms with Crippen LogP contribution in [0, 0.1) is 13.8 Å². The highest BCUT2D eigenvalue weighted by Crippen LogP contribution is 2.19. The van der Waals surface area contributed by atoms with Crippen LogP contribution in [0.4, 0.5) is 0 Å². The zero-order valence-corrected chi connectivity index (χ0v) is 12.3. The van der Waals surface area contributed by atoms with Crippen molar-refractivity contribution in [2.45, 2.75) is 18.7 Å². The highest BCUT2D eigenvalue weighted by Gasteiger charge is 2.16. The number of benzene rings is 1. The van der Waals surface area contributed by atoms with Gasteiger partial charge in [0.15, 0.2) is 0 Å². The third-order valence-corrected chi connectivity index (χ3v) is 3.94. The molecular formula is C15H15NO3S. The number of rotatable bonds is 3. The molecule has 0 saturated carbocycles. The van der Waals surface area contributed by atoms with Gasteiger partial charge in [-0.2, -0.15) is 0 Å². The van der Waals surface area contributed by atoms with Crippen LogP contribution in [0.25, 0.3) is 5.69 Å². The van der Waals surface area contributed by atoms with E-state index in [1.165, 1.54) is 10.6 Å². The number of carbonyl (C=O) groups is 1. The Morgan fingerprint density at radius 3 is 2.30 bits per heavy atom. The van der Waals surface area contributed by atoms with Gasteiger partial charge in [0.25, 0.3) is 5.56 Å². The predicted molar refractivity (Wildman–Crippen MR) is 80.3 cm³/mol. The first-order chi connectivity index (χ1) is 9.45. The van der Waals surface area contributed by atoms with E-state index in [1.54, 1.807) is 25.6 Å². The molecule has 0 aliphatic rings. The van der Waals surface area contributed by atoms with Gasteiger partial charge in [0.05, 0.1) is 5.56 Å². The Hall–Kier alpha value is -2.01. The first kappa shape index (κ1) is 14.4. The highest BCUT2D eigenvalue weighted by atomic mass is 32.2. The maximum atomic E-state index is 12.2. The van der Waals surface area contributed by atoms with Gasteiger partial charge in [-0.3, -0.25) is 9.36 Å². The lowest BCUT2D eigenvalue weighted by molar-refractivity contribution is 0.0694. The van der Waals surface area contributed by atoms with Crippen molar-refractivity contribution in [1.82, 2.24) is 4.57 Å². The molecular weight excluding hydrogens is 274 g/mol. The lowest BCUT2D eigenvalue weighted by Gasteiger charge is -2.14. The summed E-state index contributed by atoms with van der Waals surface area (Å²) in [6.07, 6.45) is 1.97. The van der Waals surface area contributed by atoms with Crippen LogP contribution in [0.2, 0.25) is 0 Å². The van der Waals surface area contributed by atoms with Crippen LogP contribution in [-0.4, -0.2) is 21.9 Å². The molecule has 4 nitrogen and oxygen atoms in total. The lowest BCUT2D eigenvalue weighted by Crippen LogP contribution is -2.24. The molecule has 0 saturated heterocycles. The highest BCUT2D eigenvalue weighted by molar-refractivity contribution is 7.98. The Balaban J connectivity index is 2.70. The average molecular weight is 289 g/mol. The zero-order valence-electron chi connectivity index (χ0n) is 11.5. The third-order valence-electron chi connectivity index (χ3n) is 3.20. The van der Waals surface area contributed by atoms with Gasteiger partial charge in [0.1, 0.15) is 0 Å². The second-order valence-electron chi connectivity index (χ2n) is 4.46. The number of hydrogen-bond acceptors (Lipinski definition) is 3. The maximum absolute atomic E-state index is 12.2. The molecule has 1 heterocycles. The SMILES string of the molecule is CSc1ccc(-n2c(C)c(C(=O)O)c(C)cc2=O)cc1. The Morgan fingerprint density at radius 1 is 1.20 bits per heavy atom. The summed E-state index contributed by atoms with van der Waals surface area (Å²) in [5.41, 5.74) is 1.56. The van der Waals surface area contributed by atoms with Crippen molar-refractivity contribution in [2.24, 2.45) is 0 Å². The van der Waals surface area contributed by atoms with Gasteiger partial charge in [-0.05, 0) is 49.9 Å². The van der Waals surface area contributed by atoms with Crippen molar-refractivity contribution in [3.63, 3.8) is 0 Å². The van der Waals surface area contributed by atoms with Gasteiger partial charge in [-0.15, -0.1) is 11.8 Å². The normalized spacial score (nSPS) is 10.6. The summed E-state index contributed by atoms with van der Waals surface area (Å²) >= 11 is 1.61. The van der Waals surface area contributed by atoms with Crippen LogP contribution in [0.5, 0.6) is 0 Å². The number of aromatic carboxylic acids is 1. The lowest BCUT2D eigenvalue weighted by atomic mass is 10.1. The molecule has 20 heavy (non-hydrogen) atoms. The zero-order chi connectivity index (χ0) is 14.9. The number of pyridine rings is 1. The molecule has 1 aromatic heterocycles. The molecule has 0 unspecified atom stereocenters. The topological polar surface area (TPSA) is 59.3 Å². The maximum Gasteiger partial charge on any atom is 0.337 e. The number of aromatic nitrogens is 1. The summed E-state index contributed by atoms with van der Waals surface area (Å²) in [5.74, 6) is -1.02. The Bertz CT molecular complexity index is 717. The minimum Gasteiger partial charge on any atom is -0.478 e. The van der Waals surface area contributed by atoms with Gasteiger partial charge in [0.2, 0.25) is 0 Å². The van der Waals surface area contributed by atoms with Crippen molar-refractivity contribution < 1.29 is 9.90 Å². The van der Waals surface area contributed by atoms with Crippen molar-refractivity contribution in [3.05, 3.63) is 57.5 Å². The number of hydrogen-bond donors (Lipinski definition) is 1. The van der Waals surface area contributed by atoms with E-state index in [0.29, 0.717) is 16.9 Å². The van der Waals surface area contributed by atoms with E-state index < -0.39 is 5.97 Å². The number of carboxylic acid groups (broad SMARTS) is 1. The molecule has 0 spiro atoms. The van der Waals surface area contributed by atoms with Crippen LogP contribution >= 0.6 is 11.8 Å². The molecule has 0 radical (unpaired) electrons. The van der Waals surface area contributed by atoms with E-state index in [9.17, 15) is 14.7 Å². The number of aryl methyl sites for hydroxylation is 1. The first-order valence-corrected chi connectivity index (χ1v) is 7.29. The van der Waals surface area contributed by atoms with Crippen LogP contribution < -0.4 is 5.56 Å². The van der Waals surface area contributed by atoms with Crippen LogP contribution in [0.3, 0.4) is 0 Å². The van der Waals surface area contributed by atoms with Crippen molar-refractivity contribution in [2.75, 3.05) is 6.26 Å². The van der Waals surface area contributed by atoms with E-state index in [1.807, 2.05) is 30.5 Å². The number of thioether (sulfide) groups is 1. The van der Waals surface area contributed by atoms with Crippen LogP contribution in [0.1, 0.15) is 21.6 Å². The molecule has 0 aliphatic carbocycles. The van der Waals surface area contributed by atoms with Gasteiger partial charge >= 0.3 is 5.97 Å². The summed E-state index contributed by atoms with van der Waals surface area (Å²) in [4.78, 5) is 24.6. The fourth-order valence-electron chi connectivity index (χ4n) is 2.26. The van der Waals surface area contributed by atoms with Gasteiger partial charge in [-0.25, -0.2) is 4.79 Å². The monoisotopic (exact) mass is 289 g/mol. The second-order valence-corrected chi connectivity index (χ2v) is 5.34. The van der Waals surface area contributed by atoms with Crippen molar-refractivity contribution in [3.8, 4) is 5.69 Å². The summed E-state index contributed by atoms with van der Waals surface area (Å²) in [5, 5.41) is 9.27. The fraction of sp³-hybridized carbons (Fsp3) is 0.200. The fourth-order valence-corrected chi connectivity index (χ4v) is 2.67. The number of nitrogens with zero attached hydrogens (tertiary/aromatic N) is 1. The molecule has 2 rings (SSSR count). The molecule has 1 aromatic carbocycles. The molecule has 104 valence electrons. The molecule has 5 heteroatoms. The van der Waals surface area contributed by atoms with E-state index in [0.717, 1.165) is 4.90 Å². The third kappa shape index (κ3) is 2.49. The van der Waals surface area contributed by atoms with Crippen LogP contribution in [0.15, 0.2) is 40.0 Å². The Labute approximate surface area is 121 Å².